The van der Waals surface area contributed by atoms with Gasteiger partial charge in [-0.1, -0.05) is 26.2 Å². The molecule has 0 saturated heterocycles. The molecule has 0 aliphatic heterocycles. The van der Waals surface area contributed by atoms with Crippen LogP contribution in [-0.4, -0.2) is 20.5 Å². The fourth-order valence-corrected chi connectivity index (χ4v) is 3.88. The lowest BCUT2D eigenvalue weighted by Gasteiger charge is -2.27. The molecule has 1 aliphatic carbocycles. The number of rotatable bonds is 5. The van der Waals surface area contributed by atoms with E-state index in [-0.39, 0.29) is 0 Å². The number of hydrogen-bond donors (Lipinski definition) is 1. The highest BCUT2D eigenvalue weighted by Gasteiger charge is 2.29. The van der Waals surface area contributed by atoms with Crippen molar-refractivity contribution in [1.29, 1.82) is 0 Å². The predicted molar refractivity (Wildman–Crippen MR) is 91.1 cm³/mol. The van der Waals surface area contributed by atoms with Crippen LogP contribution in [0, 0.1) is 12.8 Å². The number of aryl methyl sites for hydroxylation is 1. The van der Waals surface area contributed by atoms with Gasteiger partial charge in [-0.3, -0.25) is 4.40 Å². The molecular weight excluding hydrogens is 288 g/mol. The topological polar surface area (TPSA) is 54.6 Å². The summed E-state index contributed by atoms with van der Waals surface area (Å²) in [4.78, 5) is 16.5. The number of fused-ring (bicyclic) bond motifs is 1. The molecule has 0 amide bonds. The van der Waals surface area contributed by atoms with Crippen LogP contribution in [0.4, 0.5) is 0 Å². The molecule has 0 atom stereocenters. The summed E-state index contributed by atoms with van der Waals surface area (Å²) in [5, 5.41) is 9.66. The third-order valence-electron chi connectivity index (χ3n) is 5.21. The molecule has 0 spiro atoms. The Kier molecular flexibility index (Phi) is 4.69. The summed E-state index contributed by atoms with van der Waals surface area (Å²) in [6.07, 6.45) is 10.3. The van der Waals surface area contributed by atoms with Crippen LogP contribution >= 0.6 is 0 Å². The molecule has 0 bridgehead atoms. The molecule has 0 radical (unpaired) electrons. The van der Waals surface area contributed by atoms with E-state index in [1.54, 1.807) is 4.40 Å². The Hall–Kier alpha value is -1.84. The van der Waals surface area contributed by atoms with E-state index < -0.39 is 5.97 Å². The normalized spacial score (nSPS) is 21.7. The standard InChI is InChI=1S/C19H26N2O2/c1-3-4-5-14-6-8-15(9-7-14)17-18(19(22)23)21-11-10-13(2)12-16(21)20-17/h10-12,14-15H,3-9H2,1-2H3,(H,22,23). The molecule has 2 aromatic rings. The van der Waals surface area contributed by atoms with E-state index in [1.165, 1.54) is 32.1 Å². The van der Waals surface area contributed by atoms with Crippen LogP contribution < -0.4 is 0 Å². The second-order valence-electron chi connectivity index (χ2n) is 6.94. The van der Waals surface area contributed by atoms with Gasteiger partial charge in [0.15, 0.2) is 5.69 Å². The number of carboxylic acid groups (broad SMARTS) is 1. The molecule has 1 aliphatic rings. The highest BCUT2D eigenvalue weighted by molar-refractivity contribution is 5.88. The van der Waals surface area contributed by atoms with E-state index in [0.717, 1.165) is 35.7 Å². The van der Waals surface area contributed by atoms with Crippen LogP contribution in [0.3, 0.4) is 0 Å². The highest BCUT2D eigenvalue weighted by atomic mass is 16.4. The zero-order valence-corrected chi connectivity index (χ0v) is 14.1. The predicted octanol–water partition coefficient (Wildman–Crippen LogP) is 4.80. The average Bonchev–Trinajstić information content (AvgIpc) is 2.92. The van der Waals surface area contributed by atoms with Crippen molar-refractivity contribution in [2.45, 2.75) is 64.7 Å². The smallest absolute Gasteiger partial charge is 0.354 e. The van der Waals surface area contributed by atoms with Gasteiger partial charge >= 0.3 is 5.97 Å². The minimum absolute atomic E-state index is 0.291. The van der Waals surface area contributed by atoms with Gasteiger partial charge in [0, 0.05) is 12.1 Å². The van der Waals surface area contributed by atoms with Crippen molar-refractivity contribution in [1.82, 2.24) is 9.38 Å². The monoisotopic (exact) mass is 314 g/mol. The molecule has 124 valence electrons. The number of aromatic carboxylic acids is 1. The first-order valence-corrected chi connectivity index (χ1v) is 8.82. The van der Waals surface area contributed by atoms with E-state index in [2.05, 4.69) is 11.9 Å². The van der Waals surface area contributed by atoms with Crippen LogP contribution in [-0.2, 0) is 0 Å². The Balaban J connectivity index is 1.85. The molecule has 1 fully saturated rings. The first-order chi connectivity index (χ1) is 11.1. The molecule has 23 heavy (non-hydrogen) atoms. The van der Waals surface area contributed by atoms with Gasteiger partial charge in [-0.15, -0.1) is 0 Å². The minimum atomic E-state index is -0.871. The molecule has 0 unspecified atom stereocenters. The molecule has 1 N–H and O–H groups in total. The lowest BCUT2D eigenvalue weighted by Crippen LogP contribution is -2.16. The number of hydrogen-bond acceptors (Lipinski definition) is 2. The van der Waals surface area contributed by atoms with E-state index >= 15 is 0 Å². The molecule has 4 nitrogen and oxygen atoms in total. The Bertz CT molecular complexity index is 697. The average molecular weight is 314 g/mol. The lowest BCUT2D eigenvalue weighted by molar-refractivity contribution is 0.0686. The molecular formula is C19H26N2O2. The van der Waals surface area contributed by atoms with Gasteiger partial charge in [-0.05, 0) is 56.2 Å². The Morgan fingerprint density at radius 1 is 1.35 bits per heavy atom. The van der Waals surface area contributed by atoms with Gasteiger partial charge in [0.1, 0.15) is 5.65 Å². The second-order valence-corrected chi connectivity index (χ2v) is 6.94. The van der Waals surface area contributed by atoms with Crippen LogP contribution in [0.2, 0.25) is 0 Å². The quantitative estimate of drug-likeness (QED) is 0.862. The minimum Gasteiger partial charge on any atom is -0.477 e. The van der Waals surface area contributed by atoms with E-state index in [4.69, 9.17) is 0 Å². The largest absolute Gasteiger partial charge is 0.477 e. The molecule has 1 saturated carbocycles. The van der Waals surface area contributed by atoms with Crippen molar-refractivity contribution in [2.75, 3.05) is 0 Å². The zero-order valence-electron chi connectivity index (χ0n) is 14.1. The van der Waals surface area contributed by atoms with Crippen molar-refractivity contribution in [3.8, 4) is 0 Å². The van der Waals surface area contributed by atoms with Crippen LogP contribution in [0.25, 0.3) is 5.65 Å². The van der Waals surface area contributed by atoms with Crippen molar-refractivity contribution in [3.63, 3.8) is 0 Å². The SMILES string of the molecule is CCCCC1CCC(c2nc3cc(C)ccn3c2C(=O)O)CC1. The van der Waals surface area contributed by atoms with Gasteiger partial charge < -0.3 is 5.11 Å². The zero-order chi connectivity index (χ0) is 16.4. The molecule has 4 heteroatoms. The summed E-state index contributed by atoms with van der Waals surface area (Å²) < 4.78 is 1.73. The third kappa shape index (κ3) is 3.26. The summed E-state index contributed by atoms with van der Waals surface area (Å²) >= 11 is 0. The van der Waals surface area contributed by atoms with Gasteiger partial charge in [-0.25, -0.2) is 9.78 Å². The maximum Gasteiger partial charge on any atom is 0.354 e. The summed E-state index contributed by atoms with van der Waals surface area (Å²) in [6, 6.07) is 3.90. The lowest BCUT2D eigenvalue weighted by atomic mass is 9.78. The number of unbranched alkanes of at least 4 members (excludes halogenated alkanes) is 1. The number of carbonyl (C=O) groups is 1. The van der Waals surface area contributed by atoms with Crippen LogP contribution in [0.15, 0.2) is 18.3 Å². The maximum atomic E-state index is 11.8. The first-order valence-electron chi connectivity index (χ1n) is 8.82. The number of imidazole rings is 1. The van der Waals surface area contributed by atoms with Crippen LogP contribution in [0.1, 0.15) is 79.5 Å². The maximum absolute atomic E-state index is 11.8. The molecule has 3 rings (SSSR count). The second kappa shape index (κ2) is 6.73. The van der Waals surface area contributed by atoms with Gasteiger partial charge in [0.25, 0.3) is 0 Å². The third-order valence-corrected chi connectivity index (χ3v) is 5.21. The summed E-state index contributed by atoms with van der Waals surface area (Å²) in [6.45, 7) is 4.25. The Labute approximate surface area is 137 Å². The van der Waals surface area contributed by atoms with Crippen LogP contribution in [0.5, 0.6) is 0 Å². The number of nitrogens with zero attached hydrogens (tertiary/aromatic N) is 2. The van der Waals surface area contributed by atoms with Gasteiger partial charge in [0.05, 0.1) is 5.69 Å². The van der Waals surface area contributed by atoms with Crippen molar-refractivity contribution in [3.05, 3.63) is 35.3 Å². The fourth-order valence-electron chi connectivity index (χ4n) is 3.88. The van der Waals surface area contributed by atoms with Gasteiger partial charge in [-0.2, -0.15) is 0 Å². The first kappa shape index (κ1) is 16.0. The van der Waals surface area contributed by atoms with Gasteiger partial charge in [0.2, 0.25) is 0 Å². The molecule has 0 aromatic carbocycles. The number of aromatic nitrogens is 2. The van der Waals surface area contributed by atoms with Crippen molar-refractivity contribution in [2.24, 2.45) is 5.92 Å². The molecule has 2 aromatic heterocycles. The van der Waals surface area contributed by atoms with Crippen molar-refractivity contribution >= 4 is 11.6 Å². The summed E-state index contributed by atoms with van der Waals surface area (Å²) in [7, 11) is 0. The summed E-state index contributed by atoms with van der Waals surface area (Å²) in [5.74, 6) is 0.238. The van der Waals surface area contributed by atoms with E-state index in [1.807, 2.05) is 25.3 Å². The molecule has 2 heterocycles. The summed E-state index contributed by atoms with van der Waals surface area (Å²) in [5.41, 5.74) is 3.01. The van der Waals surface area contributed by atoms with Crippen molar-refractivity contribution < 1.29 is 9.90 Å². The fraction of sp³-hybridized carbons (Fsp3) is 0.579. The number of carboxylic acids is 1. The Morgan fingerprint density at radius 3 is 2.74 bits per heavy atom. The van der Waals surface area contributed by atoms with E-state index in [9.17, 15) is 9.90 Å². The highest BCUT2D eigenvalue weighted by Crippen LogP contribution is 2.38. The Morgan fingerprint density at radius 2 is 2.09 bits per heavy atom. The number of pyridine rings is 1. The van der Waals surface area contributed by atoms with E-state index in [0.29, 0.717) is 11.6 Å².